The second-order valence-corrected chi connectivity index (χ2v) is 3.74. The molecule has 15 heavy (non-hydrogen) atoms. The molecule has 0 saturated heterocycles. The molecular formula is C12H8N2O. The fourth-order valence-electron chi connectivity index (χ4n) is 1.95. The summed E-state index contributed by atoms with van der Waals surface area (Å²) in [6.45, 7) is 0. The Labute approximate surface area is 87.6 Å². The number of Topliss-reactive ketones (excluding diaryl/α,β-unsaturated/α-hetero) is 1. The van der Waals surface area contributed by atoms with Gasteiger partial charge in [0.05, 0.1) is 23.1 Å². The lowest BCUT2D eigenvalue weighted by Crippen LogP contribution is -2.40. The molecule has 1 aromatic carbocycles. The summed E-state index contributed by atoms with van der Waals surface area (Å²) in [5, 5.41) is 18.0. The molecule has 2 rings (SSSR count). The van der Waals surface area contributed by atoms with E-state index >= 15 is 0 Å². The fraction of sp³-hybridized carbons (Fsp3) is 0.250. The number of benzene rings is 1. The highest BCUT2D eigenvalue weighted by atomic mass is 16.1. The summed E-state index contributed by atoms with van der Waals surface area (Å²) in [5.74, 6) is 0.0873. The van der Waals surface area contributed by atoms with Gasteiger partial charge in [-0.3, -0.25) is 4.79 Å². The lowest BCUT2D eigenvalue weighted by molar-refractivity contribution is -0.126. The van der Waals surface area contributed by atoms with Gasteiger partial charge in [0.25, 0.3) is 0 Å². The van der Waals surface area contributed by atoms with Gasteiger partial charge in [0.2, 0.25) is 0 Å². The summed E-state index contributed by atoms with van der Waals surface area (Å²) in [5.41, 5.74) is 0.435. The highest BCUT2D eigenvalue weighted by molar-refractivity contribution is 5.90. The Hall–Kier alpha value is -2.13. The molecule has 0 aliphatic heterocycles. The highest BCUT2D eigenvalue weighted by Gasteiger charge is 2.46. The minimum atomic E-state index is -0.747. The van der Waals surface area contributed by atoms with Crippen LogP contribution < -0.4 is 0 Å². The first kappa shape index (κ1) is 9.43. The topological polar surface area (TPSA) is 64.7 Å². The van der Waals surface area contributed by atoms with Crippen LogP contribution in [0.1, 0.15) is 24.0 Å². The van der Waals surface area contributed by atoms with Gasteiger partial charge in [0.1, 0.15) is 5.78 Å². The minimum absolute atomic E-state index is 0.0873. The maximum atomic E-state index is 11.0. The van der Waals surface area contributed by atoms with Gasteiger partial charge in [0, 0.05) is 12.8 Å². The SMILES string of the molecule is N#Cc1ccccc1C1(C#N)CC(=O)C1. The first-order valence-electron chi connectivity index (χ1n) is 4.64. The van der Waals surface area contributed by atoms with Gasteiger partial charge >= 0.3 is 0 Å². The van der Waals surface area contributed by atoms with Crippen molar-refractivity contribution in [1.82, 2.24) is 0 Å². The molecule has 1 aromatic rings. The quantitative estimate of drug-likeness (QED) is 0.686. The number of hydrogen-bond acceptors (Lipinski definition) is 3. The van der Waals surface area contributed by atoms with E-state index < -0.39 is 5.41 Å². The van der Waals surface area contributed by atoms with E-state index in [0.717, 1.165) is 0 Å². The first-order valence-corrected chi connectivity index (χ1v) is 4.64. The summed E-state index contributed by atoms with van der Waals surface area (Å²) in [7, 11) is 0. The third-order valence-corrected chi connectivity index (χ3v) is 2.77. The molecule has 1 fully saturated rings. The van der Waals surface area contributed by atoms with Gasteiger partial charge < -0.3 is 0 Å². The Balaban J connectivity index is 2.51. The standard InChI is InChI=1S/C12H8N2O/c13-7-9-3-1-2-4-11(9)12(8-14)5-10(15)6-12/h1-4H,5-6H2. The number of carbonyl (C=O) groups is 1. The molecule has 0 unspecified atom stereocenters. The van der Waals surface area contributed by atoms with Crippen molar-refractivity contribution in [2.24, 2.45) is 0 Å². The van der Waals surface area contributed by atoms with Gasteiger partial charge in [-0.15, -0.1) is 0 Å². The fourth-order valence-corrected chi connectivity index (χ4v) is 1.95. The van der Waals surface area contributed by atoms with Gasteiger partial charge in [-0.1, -0.05) is 18.2 Å². The highest BCUT2D eigenvalue weighted by Crippen LogP contribution is 2.41. The number of rotatable bonds is 1. The maximum Gasteiger partial charge on any atom is 0.136 e. The Bertz CT molecular complexity index is 497. The number of carbonyl (C=O) groups excluding carboxylic acids is 1. The number of nitrogens with zero attached hydrogens (tertiary/aromatic N) is 2. The summed E-state index contributed by atoms with van der Waals surface area (Å²) >= 11 is 0. The molecule has 0 N–H and O–H groups in total. The molecule has 3 heteroatoms. The first-order chi connectivity index (χ1) is 7.22. The van der Waals surface area contributed by atoms with Crippen molar-refractivity contribution in [2.45, 2.75) is 18.3 Å². The van der Waals surface area contributed by atoms with Crippen molar-refractivity contribution in [3.05, 3.63) is 35.4 Å². The smallest absolute Gasteiger partial charge is 0.136 e. The summed E-state index contributed by atoms with van der Waals surface area (Å²) < 4.78 is 0. The van der Waals surface area contributed by atoms with Crippen LogP contribution in [-0.2, 0) is 10.2 Å². The zero-order valence-electron chi connectivity index (χ0n) is 8.03. The van der Waals surface area contributed by atoms with Crippen LogP contribution in [0.3, 0.4) is 0 Å². The summed E-state index contributed by atoms with van der Waals surface area (Å²) in [4.78, 5) is 11.0. The van der Waals surface area contributed by atoms with E-state index in [9.17, 15) is 4.79 Å². The molecule has 72 valence electrons. The molecular weight excluding hydrogens is 188 g/mol. The van der Waals surface area contributed by atoms with Gasteiger partial charge in [-0.05, 0) is 11.6 Å². The third kappa shape index (κ3) is 1.30. The molecule has 1 aliphatic carbocycles. The predicted molar refractivity (Wildman–Crippen MR) is 52.7 cm³/mol. The van der Waals surface area contributed by atoms with E-state index in [-0.39, 0.29) is 18.6 Å². The summed E-state index contributed by atoms with van der Waals surface area (Å²) in [6, 6.07) is 11.2. The predicted octanol–water partition coefficient (Wildman–Crippen LogP) is 1.68. The van der Waals surface area contributed by atoms with Gasteiger partial charge in [-0.25, -0.2) is 0 Å². The van der Waals surface area contributed by atoms with E-state index in [0.29, 0.717) is 11.1 Å². The van der Waals surface area contributed by atoms with Crippen LogP contribution in [-0.4, -0.2) is 5.78 Å². The van der Waals surface area contributed by atoms with Crippen LogP contribution in [0.4, 0.5) is 0 Å². The zero-order chi connectivity index (χ0) is 10.9. The molecule has 0 amide bonds. The third-order valence-electron chi connectivity index (χ3n) is 2.77. The van der Waals surface area contributed by atoms with E-state index in [1.165, 1.54) is 0 Å². The largest absolute Gasteiger partial charge is 0.300 e. The average Bonchev–Trinajstić information content (AvgIpc) is 2.24. The Kier molecular flexibility index (Phi) is 2.02. The molecule has 3 nitrogen and oxygen atoms in total. The van der Waals surface area contributed by atoms with Crippen molar-refractivity contribution in [3.63, 3.8) is 0 Å². The van der Waals surface area contributed by atoms with Crippen LogP contribution in [0.15, 0.2) is 24.3 Å². The van der Waals surface area contributed by atoms with Crippen LogP contribution in [0.2, 0.25) is 0 Å². The summed E-state index contributed by atoms with van der Waals surface area (Å²) in [6.07, 6.45) is 0.477. The monoisotopic (exact) mass is 196 g/mol. The second-order valence-electron chi connectivity index (χ2n) is 3.74. The average molecular weight is 196 g/mol. The maximum absolute atomic E-state index is 11.0. The van der Waals surface area contributed by atoms with Gasteiger partial charge in [0.15, 0.2) is 0 Å². The Morgan fingerprint density at radius 3 is 2.40 bits per heavy atom. The molecule has 0 bridgehead atoms. The van der Waals surface area contributed by atoms with Crippen LogP contribution in [0.25, 0.3) is 0 Å². The molecule has 1 aliphatic rings. The number of hydrogen-bond donors (Lipinski definition) is 0. The van der Waals surface area contributed by atoms with E-state index in [2.05, 4.69) is 12.1 Å². The molecule has 0 spiro atoms. The normalized spacial score (nSPS) is 17.3. The van der Waals surface area contributed by atoms with Crippen molar-refractivity contribution >= 4 is 5.78 Å². The van der Waals surface area contributed by atoms with Gasteiger partial charge in [-0.2, -0.15) is 10.5 Å². The lowest BCUT2D eigenvalue weighted by Gasteiger charge is -2.34. The molecule has 0 aromatic heterocycles. The second kappa shape index (κ2) is 3.22. The van der Waals surface area contributed by atoms with E-state index in [1.807, 2.05) is 0 Å². The Morgan fingerprint density at radius 2 is 1.87 bits per heavy atom. The van der Waals surface area contributed by atoms with Crippen molar-refractivity contribution < 1.29 is 4.79 Å². The van der Waals surface area contributed by atoms with Crippen molar-refractivity contribution in [2.75, 3.05) is 0 Å². The van der Waals surface area contributed by atoms with E-state index in [1.54, 1.807) is 24.3 Å². The minimum Gasteiger partial charge on any atom is -0.300 e. The van der Waals surface area contributed by atoms with E-state index in [4.69, 9.17) is 10.5 Å². The molecule has 1 saturated carbocycles. The van der Waals surface area contributed by atoms with Crippen molar-refractivity contribution in [3.8, 4) is 12.1 Å². The van der Waals surface area contributed by atoms with Crippen LogP contribution >= 0.6 is 0 Å². The Morgan fingerprint density at radius 1 is 1.20 bits per heavy atom. The van der Waals surface area contributed by atoms with Crippen molar-refractivity contribution in [1.29, 1.82) is 10.5 Å². The number of nitriles is 2. The zero-order valence-corrected chi connectivity index (χ0v) is 8.03. The molecule has 0 radical (unpaired) electrons. The van der Waals surface area contributed by atoms with Crippen LogP contribution in [0.5, 0.6) is 0 Å². The molecule has 0 atom stereocenters. The number of ketones is 1. The molecule has 0 heterocycles. The lowest BCUT2D eigenvalue weighted by atomic mass is 9.64. The van der Waals surface area contributed by atoms with Crippen LogP contribution in [0, 0.1) is 22.7 Å².